The lowest BCUT2D eigenvalue weighted by molar-refractivity contribution is -0.138. The van der Waals surface area contributed by atoms with E-state index in [0.717, 1.165) is 19.5 Å². The van der Waals surface area contributed by atoms with Crippen molar-refractivity contribution in [3.8, 4) is 0 Å². The lowest BCUT2D eigenvalue weighted by Crippen LogP contribution is -2.41. The fraction of sp³-hybridized carbons (Fsp3) is 0.632. The number of carbonyl (C=O) groups is 1. The van der Waals surface area contributed by atoms with Gasteiger partial charge in [-0.3, -0.25) is 4.79 Å². The van der Waals surface area contributed by atoms with Crippen LogP contribution in [0.3, 0.4) is 0 Å². The standard InChI is InChI=1S/C17H28N2O.C2H6/c1-5-8-9-10-11-14(4)17(12-15(17)13-18)16(20)19(6-2)7-3;1-2/h5,8-11,14-15H,1,6-7,12-13,18H2,2-4H3;1-2H3/b9-8-,11-10-;/t14?,15-,17+;/m1./s1. The molecule has 1 fully saturated rings. The Bertz CT molecular complexity index is 396. The minimum atomic E-state index is -0.278. The van der Waals surface area contributed by atoms with Crippen molar-refractivity contribution in [1.29, 1.82) is 0 Å². The van der Waals surface area contributed by atoms with Gasteiger partial charge in [0.15, 0.2) is 0 Å². The van der Waals surface area contributed by atoms with Crippen LogP contribution < -0.4 is 5.73 Å². The highest BCUT2D eigenvalue weighted by atomic mass is 16.2. The fourth-order valence-electron chi connectivity index (χ4n) is 3.01. The molecule has 0 radical (unpaired) electrons. The zero-order valence-corrected chi connectivity index (χ0v) is 15.0. The second-order valence-electron chi connectivity index (χ2n) is 5.45. The number of nitrogens with two attached hydrogens (primary N) is 1. The van der Waals surface area contributed by atoms with Crippen molar-refractivity contribution >= 4 is 5.91 Å². The maximum Gasteiger partial charge on any atom is 0.229 e. The first kappa shape index (κ1) is 20.6. The summed E-state index contributed by atoms with van der Waals surface area (Å²) in [7, 11) is 0. The first-order valence-electron chi connectivity index (χ1n) is 8.53. The van der Waals surface area contributed by atoms with Gasteiger partial charge in [0.2, 0.25) is 5.91 Å². The molecule has 0 aromatic heterocycles. The zero-order valence-electron chi connectivity index (χ0n) is 15.0. The smallest absolute Gasteiger partial charge is 0.229 e. The number of carbonyl (C=O) groups excluding carboxylic acids is 1. The Balaban J connectivity index is 0.00000211. The summed E-state index contributed by atoms with van der Waals surface area (Å²) in [6.07, 6.45) is 10.6. The van der Waals surface area contributed by atoms with Crippen LogP contribution in [-0.4, -0.2) is 30.4 Å². The highest BCUT2D eigenvalue weighted by Crippen LogP contribution is 2.58. The van der Waals surface area contributed by atoms with Crippen molar-refractivity contribution < 1.29 is 4.79 Å². The third kappa shape index (κ3) is 4.57. The molecule has 0 spiro atoms. The molecule has 1 aliphatic rings. The minimum Gasteiger partial charge on any atom is -0.343 e. The first-order valence-corrected chi connectivity index (χ1v) is 8.53. The molecule has 1 unspecified atom stereocenters. The van der Waals surface area contributed by atoms with Crippen LogP contribution in [0.15, 0.2) is 37.0 Å². The summed E-state index contributed by atoms with van der Waals surface area (Å²) in [5.74, 6) is 0.792. The van der Waals surface area contributed by atoms with E-state index in [-0.39, 0.29) is 17.2 Å². The Kier molecular flexibility index (Phi) is 9.75. The molecule has 2 N–H and O–H groups in total. The van der Waals surface area contributed by atoms with Gasteiger partial charge in [-0.1, -0.05) is 57.7 Å². The van der Waals surface area contributed by atoms with E-state index in [1.54, 1.807) is 6.08 Å². The quantitative estimate of drug-likeness (QED) is 0.694. The van der Waals surface area contributed by atoms with E-state index >= 15 is 0 Å². The van der Waals surface area contributed by atoms with Crippen LogP contribution in [0, 0.1) is 17.3 Å². The molecular formula is C19H34N2O. The molecule has 0 aromatic carbocycles. The SMILES string of the molecule is C=C/C=C\C=C/C(C)[C@@]1(C(=O)N(CC)CC)C[C@@H]1CN.CC. The van der Waals surface area contributed by atoms with E-state index in [4.69, 9.17) is 5.73 Å². The van der Waals surface area contributed by atoms with Gasteiger partial charge >= 0.3 is 0 Å². The summed E-state index contributed by atoms with van der Waals surface area (Å²) in [5.41, 5.74) is 5.54. The molecule has 1 rings (SSSR count). The van der Waals surface area contributed by atoms with Gasteiger partial charge in [0.1, 0.15) is 0 Å². The minimum absolute atomic E-state index is 0.207. The van der Waals surface area contributed by atoms with Gasteiger partial charge in [-0.15, -0.1) is 0 Å². The molecule has 22 heavy (non-hydrogen) atoms. The van der Waals surface area contributed by atoms with Crippen molar-refractivity contribution in [2.45, 2.75) is 41.0 Å². The summed E-state index contributed by atoms with van der Waals surface area (Å²) in [5, 5.41) is 0. The van der Waals surface area contributed by atoms with Gasteiger partial charge in [-0.2, -0.15) is 0 Å². The van der Waals surface area contributed by atoms with Crippen LogP contribution in [-0.2, 0) is 4.79 Å². The van der Waals surface area contributed by atoms with Crippen LogP contribution >= 0.6 is 0 Å². The number of hydrogen-bond donors (Lipinski definition) is 1. The molecule has 0 aliphatic heterocycles. The van der Waals surface area contributed by atoms with Crippen LogP contribution in [0.5, 0.6) is 0 Å². The summed E-state index contributed by atoms with van der Waals surface area (Å²) >= 11 is 0. The highest BCUT2D eigenvalue weighted by Gasteiger charge is 2.62. The molecule has 126 valence electrons. The molecule has 0 heterocycles. The Morgan fingerprint density at radius 1 is 1.32 bits per heavy atom. The molecular weight excluding hydrogens is 272 g/mol. The average Bonchev–Trinajstić information content (AvgIpc) is 3.30. The van der Waals surface area contributed by atoms with E-state index in [2.05, 4.69) is 19.6 Å². The van der Waals surface area contributed by atoms with Crippen molar-refractivity contribution in [3.05, 3.63) is 37.0 Å². The van der Waals surface area contributed by atoms with E-state index in [1.165, 1.54) is 0 Å². The van der Waals surface area contributed by atoms with Gasteiger partial charge in [-0.05, 0) is 38.6 Å². The predicted molar refractivity (Wildman–Crippen MR) is 96.5 cm³/mol. The number of amides is 1. The van der Waals surface area contributed by atoms with Gasteiger partial charge in [0.05, 0.1) is 5.41 Å². The van der Waals surface area contributed by atoms with Gasteiger partial charge in [0.25, 0.3) is 0 Å². The van der Waals surface area contributed by atoms with Crippen LogP contribution in [0.1, 0.15) is 41.0 Å². The lowest BCUT2D eigenvalue weighted by Gasteiger charge is -2.29. The summed E-state index contributed by atoms with van der Waals surface area (Å²) < 4.78 is 0. The lowest BCUT2D eigenvalue weighted by atomic mass is 9.86. The molecule has 0 saturated heterocycles. The molecule has 3 heteroatoms. The molecule has 3 nitrogen and oxygen atoms in total. The maximum absolute atomic E-state index is 12.8. The third-order valence-corrected chi connectivity index (χ3v) is 4.46. The third-order valence-electron chi connectivity index (χ3n) is 4.46. The van der Waals surface area contributed by atoms with Crippen molar-refractivity contribution in [3.63, 3.8) is 0 Å². The van der Waals surface area contributed by atoms with Crippen LogP contribution in [0.25, 0.3) is 0 Å². The van der Waals surface area contributed by atoms with Crippen LogP contribution in [0.4, 0.5) is 0 Å². The molecule has 1 amide bonds. The van der Waals surface area contributed by atoms with Gasteiger partial charge in [0, 0.05) is 13.1 Å². The fourth-order valence-corrected chi connectivity index (χ4v) is 3.01. The number of rotatable bonds is 8. The Morgan fingerprint density at radius 2 is 1.91 bits per heavy atom. The van der Waals surface area contributed by atoms with Crippen molar-refractivity contribution in [2.75, 3.05) is 19.6 Å². The normalized spacial score (nSPS) is 24.7. The van der Waals surface area contributed by atoms with E-state index < -0.39 is 0 Å². The summed E-state index contributed by atoms with van der Waals surface area (Å²) in [4.78, 5) is 14.7. The van der Waals surface area contributed by atoms with Crippen molar-refractivity contribution in [1.82, 2.24) is 4.90 Å². The number of nitrogens with zero attached hydrogens (tertiary/aromatic N) is 1. The average molecular weight is 306 g/mol. The number of allylic oxidation sites excluding steroid dienone is 5. The Labute approximate surface area is 137 Å². The second kappa shape index (κ2) is 10.4. The predicted octanol–water partition coefficient (Wildman–Crippen LogP) is 3.78. The molecule has 1 aliphatic carbocycles. The Hall–Kier alpha value is -1.35. The Morgan fingerprint density at radius 3 is 2.32 bits per heavy atom. The number of hydrogen-bond acceptors (Lipinski definition) is 2. The van der Waals surface area contributed by atoms with Gasteiger partial charge < -0.3 is 10.6 Å². The molecule has 3 atom stereocenters. The molecule has 0 bridgehead atoms. The van der Waals surface area contributed by atoms with Gasteiger partial charge in [-0.25, -0.2) is 0 Å². The van der Waals surface area contributed by atoms with E-state index in [1.807, 2.05) is 50.8 Å². The van der Waals surface area contributed by atoms with Crippen LogP contribution in [0.2, 0.25) is 0 Å². The van der Waals surface area contributed by atoms with Crippen molar-refractivity contribution in [2.24, 2.45) is 23.0 Å². The summed E-state index contributed by atoms with van der Waals surface area (Å²) in [6.45, 7) is 15.9. The molecule has 0 aromatic rings. The topological polar surface area (TPSA) is 46.3 Å². The largest absolute Gasteiger partial charge is 0.343 e. The van der Waals surface area contributed by atoms with E-state index in [0.29, 0.717) is 12.5 Å². The maximum atomic E-state index is 12.8. The summed E-state index contributed by atoms with van der Waals surface area (Å²) in [6, 6.07) is 0. The molecule has 1 saturated carbocycles. The van der Waals surface area contributed by atoms with E-state index in [9.17, 15) is 4.79 Å². The zero-order chi connectivity index (χ0) is 17.2. The highest BCUT2D eigenvalue weighted by molar-refractivity contribution is 5.86. The monoisotopic (exact) mass is 306 g/mol. The first-order chi connectivity index (χ1) is 10.6. The second-order valence-corrected chi connectivity index (χ2v) is 5.45.